The number of nitrogens with zero attached hydrogens (tertiary/aromatic N) is 6. The molecule has 2 atom stereocenters. The molecule has 0 amide bonds. The van der Waals surface area contributed by atoms with Gasteiger partial charge in [0.15, 0.2) is 17.3 Å². The van der Waals surface area contributed by atoms with E-state index >= 15 is 0 Å². The van der Waals surface area contributed by atoms with Crippen molar-refractivity contribution in [1.29, 1.82) is 0 Å². The Kier molecular flexibility index (Phi) is 4.79. The Labute approximate surface area is 186 Å². The third-order valence-corrected chi connectivity index (χ3v) is 6.09. The van der Waals surface area contributed by atoms with E-state index in [4.69, 9.17) is 16.7 Å². The second kappa shape index (κ2) is 7.39. The highest BCUT2D eigenvalue weighted by Crippen LogP contribution is 2.36. The largest absolute Gasteiger partial charge is 0.368 e. The molecule has 3 aromatic heterocycles. The maximum Gasteiger partial charge on any atom is 0.163 e. The number of piperazine rings is 1. The normalized spacial score (nSPS) is 19.5. The fourth-order valence-corrected chi connectivity index (χ4v) is 4.85. The van der Waals surface area contributed by atoms with Gasteiger partial charge in [-0.15, -0.1) is 5.10 Å². The zero-order valence-electron chi connectivity index (χ0n) is 18.4. The Bertz CT molecular complexity index is 1280. The summed E-state index contributed by atoms with van der Waals surface area (Å²) in [6, 6.07) is 7.05. The Morgan fingerprint density at radius 3 is 2.58 bits per heavy atom. The summed E-state index contributed by atoms with van der Waals surface area (Å²) in [5.74, 6) is 1.39. The van der Waals surface area contributed by atoms with Crippen LogP contribution in [0.3, 0.4) is 0 Å². The summed E-state index contributed by atoms with van der Waals surface area (Å²) in [5, 5.41) is 17.9. The molecule has 1 fully saturated rings. The van der Waals surface area contributed by atoms with Crippen LogP contribution in [0.1, 0.15) is 25.1 Å². The summed E-state index contributed by atoms with van der Waals surface area (Å²) < 4.78 is 3.67. The minimum absolute atomic E-state index is 0.429. The van der Waals surface area contributed by atoms with E-state index in [-0.39, 0.29) is 0 Å². The lowest BCUT2D eigenvalue weighted by Crippen LogP contribution is -2.54. The molecule has 9 heteroatoms. The lowest BCUT2D eigenvalue weighted by Gasteiger charge is -2.37. The molecule has 8 nitrogen and oxygen atoms in total. The van der Waals surface area contributed by atoms with Crippen molar-refractivity contribution in [3.05, 3.63) is 40.7 Å². The zero-order chi connectivity index (χ0) is 21.9. The number of aromatic nitrogens is 5. The van der Waals surface area contributed by atoms with Gasteiger partial charge in [0.1, 0.15) is 0 Å². The maximum absolute atomic E-state index is 6.80. The van der Waals surface area contributed by atoms with Gasteiger partial charge in [0.2, 0.25) is 0 Å². The van der Waals surface area contributed by atoms with Crippen LogP contribution in [0.15, 0.2) is 24.4 Å². The van der Waals surface area contributed by atoms with E-state index in [0.29, 0.717) is 28.7 Å². The number of anilines is 3. The van der Waals surface area contributed by atoms with Crippen molar-refractivity contribution in [2.24, 2.45) is 7.05 Å². The van der Waals surface area contributed by atoms with Crippen molar-refractivity contribution < 1.29 is 0 Å². The van der Waals surface area contributed by atoms with Gasteiger partial charge in [-0.1, -0.05) is 11.6 Å². The SMILES string of the molecule is Cc1cn2nc(Nc3nn(C)c4cc(N5CC(C)NC(C)C5)cc(Cl)c34)cc(C)c2n1. The van der Waals surface area contributed by atoms with Gasteiger partial charge in [0.25, 0.3) is 0 Å². The summed E-state index contributed by atoms with van der Waals surface area (Å²) in [6.07, 6.45) is 1.92. The molecule has 1 aliphatic heterocycles. The molecule has 0 bridgehead atoms. The van der Waals surface area contributed by atoms with Crippen LogP contribution in [-0.2, 0) is 7.05 Å². The first-order chi connectivity index (χ1) is 14.8. The molecule has 31 heavy (non-hydrogen) atoms. The average Bonchev–Trinajstić information content (AvgIpc) is 3.21. The quantitative estimate of drug-likeness (QED) is 0.506. The van der Waals surface area contributed by atoms with Gasteiger partial charge < -0.3 is 15.5 Å². The second-order valence-electron chi connectivity index (χ2n) is 8.66. The zero-order valence-corrected chi connectivity index (χ0v) is 19.2. The van der Waals surface area contributed by atoms with Crippen molar-refractivity contribution >= 4 is 45.5 Å². The van der Waals surface area contributed by atoms with Crippen LogP contribution in [0, 0.1) is 13.8 Å². The average molecular weight is 439 g/mol. The first-order valence-corrected chi connectivity index (χ1v) is 10.9. The van der Waals surface area contributed by atoms with E-state index in [1.54, 1.807) is 4.52 Å². The minimum atomic E-state index is 0.429. The summed E-state index contributed by atoms with van der Waals surface area (Å²) in [6.45, 7) is 10.3. The summed E-state index contributed by atoms with van der Waals surface area (Å²) in [5.41, 5.74) is 4.94. The fraction of sp³-hybridized carbons (Fsp3) is 0.409. The Morgan fingerprint density at radius 1 is 1.10 bits per heavy atom. The molecule has 1 aliphatic rings. The molecule has 1 aromatic carbocycles. The molecule has 0 radical (unpaired) electrons. The van der Waals surface area contributed by atoms with E-state index in [1.807, 2.05) is 43.9 Å². The van der Waals surface area contributed by atoms with Crippen molar-refractivity contribution in [1.82, 2.24) is 29.7 Å². The summed E-state index contributed by atoms with van der Waals surface area (Å²) >= 11 is 6.80. The number of halogens is 1. The highest BCUT2D eigenvalue weighted by Gasteiger charge is 2.23. The molecule has 162 valence electrons. The molecule has 0 spiro atoms. The van der Waals surface area contributed by atoms with Gasteiger partial charge in [0.05, 0.1) is 27.8 Å². The predicted octanol–water partition coefficient (Wildman–Crippen LogP) is 3.82. The fourth-order valence-electron chi connectivity index (χ4n) is 4.56. The monoisotopic (exact) mass is 438 g/mol. The lowest BCUT2D eigenvalue weighted by atomic mass is 10.1. The molecule has 5 rings (SSSR count). The summed E-state index contributed by atoms with van der Waals surface area (Å²) in [4.78, 5) is 6.90. The van der Waals surface area contributed by atoms with E-state index in [0.717, 1.165) is 46.6 Å². The maximum atomic E-state index is 6.80. The van der Waals surface area contributed by atoms with Gasteiger partial charge in [-0.05, 0) is 51.5 Å². The summed E-state index contributed by atoms with van der Waals surface area (Å²) in [7, 11) is 1.94. The van der Waals surface area contributed by atoms with Crippen molar-refractivity contribution in [3.8, 4) is 0 Å². The van der Waals surface area contributed by atoms with Crippen molar-refractivity contribution in [2.75, 3.05) is 23.3 Å². The predicted molar refractivity (Wildman–Crippen MR) is 126 cm³/mol. The number of hydrogen-bond donors (Lipinski definition) is 2. The number of hydrogen-bond acceptors (Lipinski definition) is 6. The molecule has 0 aliphatic carbocycles. The Hall–Kier alpha value is -2.84. The third kappa shape index (κ3) is 3.59. The van der Waals surface area contributed by atoms with Crippen LogP contribution < -0.4 is 15.5 Å². The number of benzene rings is 1. The van der Waals surface area contributed by atoms with Crippen LogP contribution in [-0.4, -0.2) is 49.6 Å². The van der Waals surface area contributed by atoms with Crippen molar-refractivity contribution in [3.63, 3.8) is 0 Å². The number of rotatable bonds is 3. The second-order valence-corrected chi connectivity index (χ2v) is 9.06. The van der Waals surface area contributed by atoms with E-state index in [1.165, 1.54) is 0 Å². The molecular weight excluding hydrogens is 412 g/mol. The van der Waals surface area contributed by atoms with E-state index in [9.17, 15) is 0 Å². The van der Waals surface area contributed by atoms with Crippen LogP contribution in [0.25, 0.3) is 16.6 Å². The molecule has 1 saturated heterocycles. The Balaban J connectivity index is 1.53. The van der Waals surface area contributed by atoms with Gasteiger partial charge in [0, 0.05) is 37.9 Å². The minimum Gasteiger partial charge on any atom is -0.368 e. The molecular formula is C22H27ClN8. The van der Waals surface area contributed by atoms with E-state index in [2.05, 4.69) is 45.5 Å². The van der Waals surface area contributed by atoms with Gasteiger partial charge in [-0.25, -0.2) is 9.50 Å². The first-order valence-electron chi connectivity index (χ1n) is 10.6. The van der Waals surface area contributed by atoms with Gasteiger partial charge in [-0.3, -0.25) is 4.68 Å². The number of aryl methyl sites for hydroxylation is 3. The molecule has 2 N–H and O–H groups in total. The van der Waals surface area contributed by atoms with Crippen molar-refractivity contribution in [2.45, 2.75) is 39.8 Å². The molecule has 0 saturated carbocycles. The first kappa shape index (κ1) is 20.1. The molecule has 4 aromatic rings. The van der Waals surface area contributed by atoms with E-state index < -0.39 is 0 Å². The van der Waals surface area contributed by atoms with Crippen LogP contribution in [0.5, 0.6) is 0 Å². The van der Waals surface area contributed by atoms with Gasteiger partial charge in [-0.2, -0.15) is 5.10 Å². The topological polar surface area (TPSA) is 75.3 Å². The van der Waals surface area contributed by atoms with Crippen LogP contribution in [0.4, 0.5) is 17.3 Å². The number of imidazole rings is 1. The van der Waals surface area contributed by atoms with Crippen LogP contribution in [0.2, 0.25) is 5.02 Å². The standard InChI is InChI=1S/C22H27ClN8/c1-12-6-19(27-31-11-15(4)25-22(12)31)26-21-20-17(23)7-16(8-18(20)29(5)28-21)30-9-13(2)24-14(3)10-30/h6-8,11,13-14,24H,9-10H2,1-5H3,(H,26,27,28). The third-order valence-electron chi connectivity index (χ3n) is 5.79. The Morgan fingerprint density at radius 2 is 1.84 bits per heavy atom. The highest BCUT2D eigenvalue weighted by atomic mass is 35.5. The number of fused-ring (bicyclic) bond motifs is 2. The van der Waals surface area contributed by atoms with Crippen LogP contribution >= 0.6 is 11.6 Å². The smallest absolute Gasteiger partial charge is 0.163 e. The van der Waals surface area contributed by atoms with Gasteiger partial charge >= 0.3 is 0 Å². The molecule has 2 unspecified atom stereocenters. The highest BCUT2D eigenvalue weighted by molar-refractivity contribution is 6.37. The molecule has 4 heterocycles. The lowest BCUT2D eigenvalue weighted by molar-refractivity contribution is 0.407. The number of nitrogens with one attached hydrogen (secondary N) is 2.